The molecule has 0 aliphatic carbocycles. The van der Waals surface area contributed by atoms with Crippen molar-refractivity contribution >= 4 is 35.4 Å². The summed E-state index contributed by atoms with van der Waals surface area (Å²) in [6, 6.07) is 6.67. The molecule has 2 aromatic rings. The predicted molar refractivity (Wildman–Crippen MR) is 113 cm³/mol. The minimum absolute atomic E-state index is 0.282. The Morgan fingerprint density at radius 2 is 1.43 bits per heavy atom. The normalized spacial score (nSPS) is 17.0. The number of halogens is 1. The number of carbonyl (C=O) groups excluding carboxylic acids is 1. The van der Waals surface area contributed by atoms with E-state index in [-0.39, 0.29) is 5.91 Å². The van der Waals surface area contributed by atoms with Gasteiger partial charge in [0.1, 0.15) is 0 Å². The molecule has 2 aliphatic heterocycles. The molecule has 2 fully saturated rings. The second kappa shape index (κ2) is 9.41. The van der Waals surface area contributed by atoms with E-state index < -0.39 is 0 Å². The van der Waals surface area contributed by atoms with Crippen LogP contribution in [0.15, 0.2) is 24.3 Å². The monoisotopic (exact) mass is 433 g/mol. The largest absolute Gasteiger partial charge is 0.378 e. The number of hydrogen-bond acceptors (Lipinski definition) is 9. The molecule has 2 saturated heterocycles. The van der Waals surface area contributed by atoms with Gasteiger partial charge in [-0.05, 0) is 24.3 Å². The first-order valence-electron chi connectivity index (χ1n) is 9.82. The molecule has 10 nitrogen and oxygen atoms in total. The van der Waals surface area contributed by atoms with Gasteiger partial charge >= 0.3 is 0 Å². The highest BCUT2D eigenvalue weighted by Gasteiger charge is 2.22. The van der Waals surface area contributed by atoms with Gasteiger partial charge < -0.3 is 19.3 Å². The van der Waals surface area contributed by atoms with E-state index in [1.807, 2.05) is 0 Å². The summed E-state index contributed by atoms with van der Waals surface area (Å²) in [5.74, 6) is 1.21. The minimum atomic E-state index is -0.282. The second-order valence-electron chi connectivity index (χ2n) is 6.94. The fourth-order valence-corrected chi connectivity index (χ4v) is 3.30. The predicted octanol–water partition coefficient (Wildman–Crippen LogP) is 0.979. The molecule has 0 bridgehead atoms. The van der Waals surface area contributed by atoms with Crippen LogP contribution < -0.4 is 20.2 Å². The average molecular weight is 434 g/mol. The number of anilines is 3. The number of carbonyl (C=O) groups is 1. The molecule has 4 rings (SSSR count). The molecule has 1 aromatic carbocycles. The number of morpholine rings is 2. The Kier molecular flexibility index (Phi) is 6.46. The summed E-state index contributed by atoms with van der Waals surface area (Å²) in [5, 5.41) is 2.08. The van der Waals surface area contributed by atoms with Gasteiger partial charge in [0.15, 0.2) is 0 Å². The Hall–Kier alpha value is -2.69. The number of nitrogens with one attached hydrogen (secondary N) is 1. The first-order chi connectivity index (χ1) is 14.6. The maximum absolute atomic E-state index is 12.6. The van der Waals surface area contributed by atoms with Crippen molar-refractivity contribution in [3.63, 3.8) is 0 Å². The first kappa shape index (κ1) is 20.6. The summed E-state index contributed by atoms with van der Waals surface area (Å²) in [7, 11) is 1.70. The standard InChI is InChI=1S/C19H24ClN7O3/c1-25(24-16(28)14-2-4-15(20)5-3-14)17-21-18(26-6-10-29-11-7-26)23-19(22-17)27-8-12-30-13-9-27/h2-5H,6-13H2,1H3,(H,24,28). The van der Waals surface area contributed by atoms with Crippen LogP contribution in [0.1, 0.15) is 10.4 Å². The highest BCUT2D eigenvalue weighted by atomic mass is 35.5. The van der Waals surface area contributed by atoms with Gasteiger partial charge in [-0.1, -0.05) is 11.6 Å². The van der Waals surface area contributed by atoms with Gasteiger partial charge in [0.25, 0.3) is 11.9 Å². The fraction of sp³-hybridized carbons (Fsp3) is 0.474. The van der Waals surface area contributed by atoms with Crippen molar-refractivity contribution in [2.75, 3.05) is 74.5 Å². The lowest BCUT2D eigenvalue weighted by Gasteiger charge is -2.31. The molecule has 3 heterocycles. The molecule has 1 amide bonds. The van der Waals surface area contributed by atoms with Gasteiger partial charge in [-0.3, -0.25) is 15.2 Å². The number of hydrazine groups is 1. The van der Waals surface area contributed by atoms with E-state index in [0.29, 0.717) is 81.0 Å². The lowest BCUT2D eigenvalue weighted by Crippen LogP contribution is -2.43. The first-order valence-corrected chi connectivity index (χ1v) is 10.2. The smallest absolute Gasteiger partial charge is 0.269 e. The van der Waals surface area contributed by atoms with Crippen LogP contribution in [0.4, 0.5) is 17.8 Å². The van der Waals surface area contributed by atoms with Crippen LogP contribution in [-0.4, -0.2) is 80.5 Å². The molecule has 0 radical (unpaired) electrons. The Morgan fingerprint density at radius 3 is 1.93 bits per heavy atom. The van der Waals surface area contributed by atoms with Crippen molar-refractivity contribution < 1.29 is 14.3 Å². The van der Waals surface area contributed by atoms with E-state index in [2.05, 4.69) is 30.2 Å². The maximum atomic E-state index is 12.6. The van der Waals surface area contributed by atoms with Gasteiger partial charge in [0, 0.05) is 43.8 Å². The van der Waals surface area contributed by atoms with Crippen molar-refractivity contribution in [3.05, 3.63) is 34.9 Å². The van der Waals surface area contributed by atoms with Crippen LogP contribution in [0.5, 0.6) is 0 Å². The SMILES string of the molecule is CN(NC(=O)c1ccc(Cl)cc1)c1nc(N2CCOCC2)nc(N2CCOCC2)n1. The number of aromatic nitrogens is 3. The molecule has 160 valence electrons. The zero-order chi connectivity index (χ0) is 20.9. The number of nitrogens with zero attached hydrogens (tertiary/aromatic N) is 6. The molecule has 11 heteroatoms. The lowest BCUT2D eigenvalue weighted by molar-refractivity contribution is 0.0950. The summed E-state index contributed by atoms with van der Waals surface area (Å²) < 4.78 is 10.9. The van der Waals surface area contributed by atoms with E-state index in [1.165, 1.54) is 5.01 Å². The molecule has 1 aromatic heterocycles. The third kappa shape index (κ3) is 4.89. The van der Waals surface area contributed by atoms with E-state index in [0.717, 1.165) is 0 Å². The van der Waals surface area contributed by atoms with Gasteiger partial charge in [-0.2, -0.15) is 15.0 Å². The van der Waals surface area contributed by atoms with Crippen LogP contribution in [0.25, 0.3) is 0 Å². The summed E-state index contributed by atoms with van der Waals surface area (Å²) in [5.41, 5.74) is 3.29. The number of amides is 1. The van der Waals surface area contributed by atoms with Gasteiger partial charge in [0.2, 0.25) is 11.9 Å². The molecule has 2 aliphatic rings. The van der Waals surface area contributed by atoms with Crippen LogP contribution >= 0.6 is 11.6 Å². The molecule has 0 saturated carbocycles. The Bertz CT molecular complexity index is 835. The highest BCUT2D eigenvalue weighted by molar-refractivity contribution is 6.30. The molecule has 0 spiro atoms. The average Bonchev–Trinajstić information content (AvgIpc) is 2.80. The van der Waals surface area contributed by atoms with Gasteiger partial charge in [0.05, 0.1) is 26.4 Å². The summed E-state index contributed by atoms with van der Waals surface area (Å²) in [6.45, 7) is 5.29. The molecule has 0 atom stereocenters. The number of hydrogen-bond donors (Lipinski definition) is 1. The van der Waals surface area contributed by atoms with Crippen LogP contribution in [-0.2, 0) is 9.47 Å². The van der Waals surface area contributed by atoms with E-state index >= 15 is 0 Å². The number of ether oxygens (including phenoxy) is 2. The Labute approximate surface area is 179 Å². The van der Waals surface area contributed by atoms with E-state index in [4.69, 9.17) is 21.1 Å². The van der Waals surface area contributed by atoms with Crippen molar-refractivity contribution in [1.82, 2.24) is 20.4 Å². The van der Waals surface area contributed by atoms with Crippen molar-refractivity contribution in [2.24, 2.45) is 0 Å². The van der Waals surface area contributed by atoms with E-state index in [9.17, 15) is 4.79 Å². The van der Waals surface area contributed by atoms with Crippen molar-refractivity contribution in [2.45, 2.75) is 0 Å². The highest BCUT2D eigenvalue weighted by Crippen LogP contribution is 2.20. The lowest BCUT2D eigenvalue weighted by atomic mass is 10.2. The number of rotatable bonds is 5. The van der Waals surface area contributed by atoms with Gasteiger partial charge in [-0.15, -0.1) is 0 Å². The summed E-state index contributed by atoms with van der Waals surface area (Å²) in [4.78, 5) is 30.6. The number of benzene rings is 1. The van der Waals surface area contributed by atoms with E-state index in [1.54, 1.807) is 31.3 Å². The Balaban J connectivity index is 1.58. The molecular weight excluding hydrogens is 410 g/mol. The summed E-state index contributed by atoms with van der Waals surface area (Å²) in [6.07, 6.45) is 0. The zero-order valence-corrected chi connectivity index (χ0v) is 17.5. The quantitative estimate of drug-likeness (QED) is 0.692. The second-order valence-corrected chi connectivity index (χ2v) is 7.38. The van der Waals surface area contributed by atoms with Gasteiger partial charge in [-0.25, -0.2) is 0 Å². The van der Waals surface area contributed by atoms with Crippen LogP contribution in [0.3, 0.4) is 0 Å². The van der Waals surface area contributed by atoms with Crippen LogP contribution in [0.2, 0.25) is 5.02 Å². The zero-order valence-electron chi connectivity index (χ0n) is 16.8. The fourth-order valence-electron chi connectivity index (χ4n) is 3.17. The summed E-state index contributed by atoms with van der Waals surface area (Å²) >= 11 is 5.90. The molecule has 0 unspecified atom stereocenters. The molecule has 30 heavy (non-hydrogen) atoms. The maximum Gasteiger partial charge on any atom is 0.269 e. The minimum Gasteiger partial charge on any atom is -0.378 e. The Morgan fingerprint density at radius 1 is 0.933 bits per heavy atom. The molecular formula is C19H24ClN7O3. The van der Waals surface area contributed by atoms with Crippen LogP contribution in [0, 0.1) is 0 Å². The molecule has 1 N–H and O–H groups in total. The third-order valence-electron chi connectivity index (χ3n) is 4.86. The third-order valence-corrected chi connectivity index (χ3v) is 5.12. The topological polar surface area (TPSA) is 96.0 Å². The van der Waals surface area contributed by atoms with Crippen molar-refractivity contribution in [3.8, 4) is 0 Å². The van der Waals surface area contributed by atoms with Crippen molar-refractivity contribution in [1.29, 1.82) is 0 Å².